The van der Waals surface area contributed by atoms with Crippen LogP contribution >= 0.6 is 0 Å². The molecule has 0 spiro atoms. The van der Waals surface area contributed by atoms with E-state index < -0.39 is 6.04 Å². The van der Waals surface area contributed by atoms with Gasteiger partial charge in [-0.2, -0.15) is 0 Å². The first-order chi connectivity index (χ1) is 15.7. The van der Waals surface area contributed by atoms with E-state index in [1.807, 2.05) is 23.1 Å². The van der Waals surface area contributed by atoms with Gasteiger partial charge in [0, 0.05) is 18.7 Å². The van der Waals surface area contributed by atoms with Gasteiger partial charge in [0.1, 0.15) is 6.04 Å². The Morgan fingerprint density at radius 3 is 2.28 bits per heavy atom. The van der Waals surface area contributed by atoms with Gasteiger partial charge in [0.25, 0.3) is 5.91 Å². The zero-order chi connectivity index (χ0) is 22.2. The molecule has 2 aliphatic rings. The molecule has 2 aromatic carbocycles. The molecule has 0 aromatic heterocycles. The van der Waals surface area contributed by atoms with Crippen molar-refractivity contribution in [3.8, 4) is 0 Å². The Morgan fingerprint density at radius 2 is 1.56 bits per heavy atom. The van der Waals surface area contributed by atoms with Crippen molar-refractivity contribution in [2.45, 2.75) is 69.7 Å². The Bertz CT molecular complexity index is 862. The van der Waals surface area contributed by atoms with Gasteiger partial charge in [0.15, 0.2) is 0 Å². The zero-order valence-corrected chi connectivity index (χ0v) is 19.0. The normalized spacial score (nSPS) is 21.1. The van der Waals surface area contributed by atoms with Gasteiger partial charge in [-0.1, -0.05) is 67.8 Å². The Labute approximate surface area is 192 Å². The van der Waals surface area contributed by atoms with Crippen LogP contribution in [-0.2, 0) is 4.79 Å². The zero-order valence-electron chi connectivity index (χ0n) is 19.0. The van der Waals surface area contributed by atoms with Crippen molar-refractivity contribution >= 4 is 11.8 Å². The minimum absolute atomic E-state index is 0.0975. The van der Waals surface area contributed by atoms with E-state index in [4.69, 9.17) is 0 Å². The first-order valence-electron chi connectivity index (χ1n) is 12.4. The molecule has 2 amide bonds. The second kappa shape index (κ2) is 11.3. The van der Waals surface area contributed by atoms with Crippen molar-refractivity contribution in [1.29, 1.82) is 0 Å². The van der Waals surface area contributed by atoms with Crippen LogP contribution in [0.3, 0.4) is 0 Å². The summed E-state index contributed by atoms with van der Waals surface area (Å²) >= 11 is 0. The van der Waals surface area contributed by atoms with Crippen molar-refractivity contribution in [1.82, 2.24) is 10.2 Å². The second-order valence-electron chi connectivity index (χ2n) is 9.43. The summed E-state index contributed by atoms with van der Waals surface area (Å²) in [6.07, 6.45) is 9.91. The van der Waals surface area contributed by atoms with Gasteiger partial charge < -0.3 is 10.2 Å². The molecule has 2 fully saturated rings. The van der Waals surface area contributed by atoms with Gasteiger partial charge >= 0.3 is 0 Å². The first-order valence-corrected chi connectivity index (χ1v) is 12.4. The SMILES string of the molecule is O=C(N[C@@H](CCCCC[C@@H]1C[C@H]1c1ccccc1)C(=O)N1CCCCC1)c1ccccc1. The smallest absolute Gasteiger partial charge is 0.251 e. The molecule has 1 N–H and O–H groups in total. The number of carbonyl (C=O) groups excluding carboxylic acids is 2. The summed E-state index contributed by atoms with van der Waals surface area (Å²) in [6, 6.07) is 19.6. The second-order valence-corrected chi connectivity index (χ2v) is 9.43. The summed E-state index contributed by atoms with van der Waals surface area (Å²) in [5, 5.41) is 3.04. The Kier molecular flexibility index (Phi) is 7.97. The van der Waals surface area contributed by atoms with Crippen LogP contribution in [-0.4, -0.2) is 35.8 Å². The fourth-order valence-electron chi connectivity index (χ4n) is 5.03. The van der Waals surface area contributed by atoms with Crippen LogP contribution in [0.4, 0.5) is 0 Å². The summed E-state index contributed by atoms with van der Waals surface area (Å²) in [4.78, 5) is 27.8. The molecule has 4 rings (SSSR count). The quantitative estimate of drug-likeness (QED) is 0.500. The molecule has 3 atom stereocenters. The topological polar surface area (TPSA) is 49.4 Å². The lowest BCUT2D eigenvalue weighted by molar-refractivity contribution is -0.134. The third kappa shape index (κ3) is 6.21. The maximum absolute atomic E-state index is 13.2. The highest BCUT2D eigenvalue weighted by Gasteiger charge is 2.37. The highest BCUT2D eigenvalue weighted by molar-refractivity contribution is 5.97. The molecule has 4 nitrogen and oxygen atoms in total. The van der Waals surface area contributed by atoms with E-state index in [0.29, 0.717) is 5.56 Å². The van der Waals surface area contributed by atoms with E-state index in [2.05, 4.69) is 35.6 Å². The van der Waals surface area contributed by atoms with Gasteiger partial charge in [-0.15, -0.1) is 0 Å². The van der Waals surface area contributed by atoms with E-state index in [1.165, 1.54) is 31.2 Å². The molecule has 0 unspecified atom stereocenters. The number of rotatable bonds is 10. The van der Waals surface area contributed by atoms with Crippen molar-refractivity contribution in [3.63, 3.8) is 0 Å². The molecule has 2 aromatic rings. The molecule has 170 valence electrons. The van der Waals surface area contributed by atoms with Crippen LogP contribution in [0.25, 0.3) is 0 Å². The molecule has 4 heteroatoms. The van der Waals surface area contributed by atoms with Crippen LogP contribution in [0, 0.1) is 5.92 Å². The number of amides is 2. The monoisotopic (exact) mass is 432 g/mol. The molecule has 32 heavy (non-hydrogen) atoms. The van der Waals surface area contributed by atoms with Crippen LogP contribution < -0.4 is 5.32 Å². The maximum Gasteiger partial charge on any atom is 0.251 e. The van der Waals surface area contributed by atoms with Crippen molar-refractivity contribution in [2.24, 2.45) is 5.92 Å². The van der Waals surface area contributed by atoms with E-state index >= 15 is 0 Å². The van der Waals surface area contributed by atoms with Crippen LogP contribution in [0.5, 0.6) is 0 Å². The van der Waals surface area contributed by atoms with Crippen LogP contribution in [0.2, 0.25) is 0 Å². The number of nitrogens with zero attached hydrogens (tertiary/aromatic N) is 1. The average Bonchev–Trinajstić information content (AvgIpc) is 3.64. The van der Waals surface area contributed by atoms with Crippen molar-refractivity contribution in [2.75, 3.05) is 13.1 Å². The summed E-state index contributed by atoms with van der Waals surface area (Å²) in [7, 11) is 0. The largest absolute Gasteiger partial charge is 0.341 e. The molecule has 0 bridgehead atoms. The van der Waals surface area contributed by atoms with Gasteiger partial charge in [0.05, 0.1) is 0 Å². The van der Waals surface area contributed by atoms with Crippen LogP contribution in [0.15, 0.2) is 60.7 Å². The summed E-state index contributed by atoms with van der Waals surface area (Å²) in [5.41, 5.74) is 2.10. The molecule has 1 saturated heterocycles. The predicted molar refractivity (Wildman–Crippen MR) is 129 cm³/mol. The minimum atomic E-state index is -0.418. The van der Waals surface area contributed by atoms with E-state index in [0.717, 1.165) is 57.0 Å². The van der Waals surface area contributed by atoms with Crippen LogP contribution in [0.1, 0.15) is 79.6 Å². The molecule has 1 aliphatic carbocycles. The number of hydrogen-bond acceptors (Lipinski definition) is 2. The Hall–Kier alpha value is -2.62. The van der Waals surface area contributed by atoms with E-state index in [9.17, 15) is 9.59 Å². The third-order valence-corrected chi connectivity index (χ3v) is 7.03. The Morgan fingerprint density at radius 1 is 0.875 bits per heavy atom. The van der Waals surface area contributed by atoms with Gasteiger partial charge in [-0.25, -0.2) is 0 Å². The number of hydrogen-bond donors (Lipinski definition) is 1. The fraction of sp³-hybridized carbons (Fsp3) is 0.500. The lowest BCUT2D eigenvalue weighted by Crippen LogP contribution is -2.50. The molecule has 1 saturated carbocycles. The standard InChI is InChI=1S/C28H36N2O2/c31-27(23-15-7-2-8-16-23)29-26(28(32)30-19-11-4-12-20-30)18-10-3-9-17-24-21-25(24)22-13-5-1-6-14-22/h1-2,5-8,13-16,24-26H,3-4,9-12,17-21H2,(H,29,31)/t24-,25+,26+/m1/s1. The molecule has 1 aliphatic heterocycles. The Balaban J connectivity index is 1.24. The molecular weight excluding hydrogens is 396 g/mol. The number of piperidine rings is 1. The minimum Gasteiger partial charge on any atom is -0.341 e. The predicted octanol–water partition coefficient (Wildman–Crippen LogP) is 5.55. The fourth-order valence-corrected chi connectivity index (χ4v) is 5.03. The summed E-state index contributed by atoms with van der Waals surface area (Å²) < 4.78 is 0. The third-order valence-electron chi connectivity index (χ3n) is 7.03. The van der Waals surface area contributed by atoms with E-state index in [-0.39, 0.29) is 11.8 Å². The number of unbranched alkanes of at least 4 members (excludes halogenated alkanes) is 2. The highest BCUT2D eigenvalue weighted by atomic mass is 16.2. The average molecular weight is 433 g/mol. The first kappa shape index (κ1) is 22.6. The molecular formula is C28H36N2O2. The van der Waals surface area contributed by atoms with Gasteiger partial charge in [0.2, 0.25) is 5.91 Å². The maximum atomic E-state index is 13.2. The van der Waals surface area contributed by atoms with E-state index in [1.54, 1.807) is 12.1 Å². The molecule has 1 heterocycles. The number of nitrogens with one attached hydrogen (secondary N) is 1. The number of benzene rings is 2. The van der Waals surface area contributed by atoms with Gasteiger partial charge in [-0.05, 0) is 68.1 Å². The summed E-state index contributed by atoms with van der Waals surface area (Å²) in [6.45, 7) is 1.64. The lowest BCUT2D eigenvalue weighted by Gasteiger charge is -2.31. The number of carbonyl (C=O) groups is 2. The number of likely N-dealkylation sites (tertiary alicyclic amines) is 1. The van der Waals surface area contributed by atoms with Gasteiger partial charge in [-0.3, -0.25) is 9.59 Å². The van der Waals surface area contributed by atoms with Crippen molar-refractivity contribution < 1.29 is 9.59 Å². The van der Waals surface area contributed by atoms with Crippen molar-refractivity contribution in [3.05, 3.63) is 71.8 Å². The molecule has 0 radical (unpaired) electrons. The highest BCUT2D eigenvalue weighted by Crippen LogP contribution is 2.50. The summed E-state index contributed by atoms with van der Waals surface area (Å²) in [5.74, 6) is 1.51. The lowest BCUT2D eigenvalue weighted by atomic mass is 10.0.